The van der Waals surface area contributed by atoms with E-state index in [9.17, 15) is 18.4 Å². The van der Waals surface area contributed by atoms with E-state index < -0.39 is 29.1 Å². The van der Waals surface area contributed by atoms with Gasteiger partial charge in [-0.3, -0.25) is 4.79 Å². The van der Waals surface area contributed by atoms with Gasteiger partial charge in [0, 0.05) is 5.69 Å². The number of amides is 1. The fraction of sp³-hybridized carbons (Fsp3) is 0.0667. The molecule has 0 saturated carbocycles. The Kier molecular flexibility index (Phi) is 3.98. The van der Waals surface area contributed by atoms with E-state index in [0.717, 1.165) is 6.07 Å². The van der Waals surface area contributed by atoms with E-state index in [1.54, 1.807) is 0 Å². The van der Waals surface area contributed by atoms with E-state index in [1.165, 1.54) is 37.3 Å². The van der Waals surface area contributed by atoms with Crippen molar-refractivity contribution in [1.82, 2.24) is 0 Å². The summed E-state index contributed by atoms with van der Waals surface area (Å²) in [6, 6.07) is 7.61. The topological polar surface area (TPSA) is 66.4 Å². The molecule has 0 bridgehead atoms. The van der Waals surface area contributed by atoms with Crippen molar-refractivity contribution >= 4 is 17.6 Å². The van der Waals surface area contributed by atoms with Gasteiger partial charge in [-0.25, -0.2) is 13.6 Å². The summed E-state index contributed by atoms with van der Waals surface area (Å²) in [5.74, 6) is -4.07. The van der Waals surface area contributed by atoms with E-state index in [0.29, 0.717) is 0 Å². The summed E-state index contributed by atoms with van der Waals surface area (Å²) in [7, 11) is 0. The molecule has 0 aliphatic carbocycles. The highest BCUT2D eigenvalue weighted by Crippen LogP contribution is 2.19. The molecule has 0 aromatic heterocycles. The predicted molar refractivity (Wildman–Crippen MR) is 72.4 cm³/mol. The Morgan fingerprint density at radius 3 is 2.52 bits per heavy atom. The Labute approximate surface area is 119 Å². The first-order chi connectivity index (χ1) is 9.90. The fourth-order valence-electron chi connectivity index (χ4n) is 1.79. The Bertz CT molecular complexity index is 729. The lowest BCUT2D eigenvalue weighted by Gasteiger charge is -2.09. The van der Waals surface area contributed by atoms with Crippen molar-refractivity contribution in [2.45, 2.75) is 6.92 Å². The van der Waals surface area contributed by atoms with Gasteiger partial charge in [0.15, 0.2) is 0 Å². The highest BCUT2D eigenvalue weighted by molar-refractivity contribution is 6.05. The summed E-state index contributed by atoms with van der Waals surface area (Å²) in [5, 5.41) is 11.1. The number of carbonyl (C=O) groups excluding carboxylic acids is 1. The molecule has 2 N–H and O–H groups in total. The summed E-state index contributed by atoms with van der Waals surface area (Å²) in [6.07, 6.45) is 0. The Morgan fingerprint density at radius 1 is 1.14 bits per heavy atom. The standard InChI is InChI=1S/C15H11F2NO3/c1-8-5-6-11(16)12(13(8)17)14(19)18-10-4-2-3-9(7-10)15(20)21/h2-7H,1H3,(H,18,19)(H,20,21). The minimum absolute atomic E-state index is 0.0435. The number of carboxylic acids is 1. The summed E-state index contributed by atoms with van der Waals surface area (Å²) in [6.45, 7) is 1.41. The number of benzene rings is 2. The van der Waals surface area contributed by atoms with E-state index in [1.807, 2.05) is 0 Å². The van der Waals surface area contributed by atoms with Crippen molar-refractivity contribution in [2.75, 3.05) is 5.32 Å². The van der Waals surface area contributed by atoms with Gasteiger partial charge in [-0.15, -0.1) is 0 Å². The number of halogens is 2. The van der Waals surface area contributed by atoms with Gasteiger partial charge >= 0.3 is 5.97 Å². The van der Waals surface area contributed by atoms with Crippen LogP contribution in [0.4, 0.5) is 14.5 Å². The van der Waals surface area contributed by atoms with Crippen molar-refractivity contribution in [1.29, 1.82) is 0 Å². The predicted octanol–water partition coefficient (Wildman–Crippen LogP) is 3.22. The van der Waals surface area contributed by atoms with Crippen LogP contribution >= 0.6 is 0 Å². The molecule has 21 heavy (non-hydrogen) atoms. The fourth-order valence-corrected chi connectivity index (χ4v) is 1.79. The number of carbonyl (C=O) groups is 2. The van der Waals surface area contributed by atoms with E-state index in [2.05, 4.69) is 5.32 Å². The molecule has 2 rings (SSSR count). The van der Waals surface area contributed by atoms with Crippen molar-refractivity contribution in [3.63, 3.8) is 0 Å². The van der Waals surface area contributed by atoms with Crippen LogP contribution in [0.15, 0.2) is 36.4 Å². The number of hydrogen-bond donors (Lipinski definition) is 2. The van der Waals surface area contributed by atoms with Gasteiger partial charge in [-0.1, -0.05) is 12.1 Å². The Balaban J connectivity index is 2.33. The van der Waals surface area contributed by atoms with E-state index in [-0.39, 0.29) is 16.8 Å². The summed E-state index contributed by atoms with van der Waals surface area (Å²) < 4.78 is 27.4. The van der Waals surface area contributed by atoms with Crippen molar-refractivity contribution in [3.8, 4) is 0 Å². The molecule has 4 nitrogen and oxygen atoms in total. The maximum absolute atomic E-state index is 13.8. The number of anilines is 1. The molecule has 0 aliphatic rings. The lowest BCUT2D eigenvalue weighted by molar-refractivity contribution is 0.0696. The molecule has 0 aliphatic heterocycles. The van der Waals surface area contributed by atoms with Crippen LogP contribution in [0.3, 0.4) is 0 Å². The zero-order valence-corrected chi connectivity index (χ0v) is 11.0. The lowest BCUT2D eigenvalue weighted by atomic mass is 10.1. The van der Waals surface area contributed by atoms with E-state index in [4.69, 9.17) is 5.11 Å². The minimum atomic E-state index is -1.17. The average molecular weight is 291 g/mol. The second-order valence-electron chi connectivity index (χ2n) is 4.39. The van der Waals surface area contributed by atoms with Gasteiger partial charge in [-0.2, -0.15) is 0 Å². The normalized spacial score (nSPS) is 10.2. The molecule has 0 spiro atoms. The van der Waals surface area contributed by atoms with Gasteiger partial charge in [0.05, 0.1) is 5.56 Å². The molecule has 2 aromatic carbocycles. The van der Waals surface area contributed by atoms with E-state index >= 15 is 0 Å². The summed E-state index contributed by atoms with van der Waals surface area (Å²) >= 11 is 0. The first kappa shape index (κ1) is 14.6. The van der Waals surface area contributed by atoms with Gasteiger partial charge in [-0.05, 0) is 36.8 Å². The van der Waals surface area contributed by atoms with Crippen LogP contribution in [0.1, 0.15) is 26.3 Å². The highest BCUT2D eigenvalue weighted by Gasteiger charge is 2.19. The SMILES string of the molecule is Cc1ccc(F)c(C(=O)Nc2cccc(C(=O)O)c2)c1F. The van der Waals surface area contributed by atoms with Crippen LogP contribution in [-0.2, 0) is 0 Å². The Hall–Kier alpha value is -2.76. The van der Waals surface area contributed by atoms with Crippen LogP contribution in [0.25, 0.3) is 0 Å². The second kappa shape index (κ2) is 5.70. The molecule has 2 aromatic rings. The number of carboxylic acid groups (broad SMARTS) is 1. The van der Waals surface area contributed by atoms with Crippen LogP contribution in [0.5, 0.6) is 0 Å². The molecule has 0 fully saturated rings. The number of aryl methyl sites for hydroxylation is 1. The summed E-state index contributed by atoms with van der Waals surface area (Å²) in [5.41, 5.74) is -0.463. The molecule has 0 atom stereocenters. The van der Waals surface area contributed by atoms with Gasteiger partial charge in [0.25, 0.3) is 5.91 Å². The average Bonchev–Trinajstić information content (AvgIpc) is 2.43. The van der Waals surface area contributed by atoms with Gasteiger partial charge in [0.2, 0.25) is 0 Å². The Morgan fingerprint density at radius 2 is 1.86 bits per heavy atom. The number of rotatable bonds is 3. The lowest BCUT2D eigenvalue weighted by Crippen LogP contribution is -2.16. The number of aromatic carboxylic acids is 1. The molecule has 0 unspecified atom stereocenters. The zero-order valence-electron chi connectivity index (χ0n) is 11.0. The zero-order chi connectivity index (χ0) is 15.6. The van der Waals surface area contributed by atoms with Gasteiger partial charge < -0.3 is 10.4 Å². The molecule has 6 heteroatoms. The van der Waals surface area contributed by atoms with Crippen LogP contribution < -0.4 is 5.32 Å². The molecule has 0 saturated heterocycles. The van der Waals surface area contributed by atoms with Gasteiger partial charge in [0.1, 0.15) is 17.2 Å². The van der Waals surface area contributed by atoms with Crippen LogP contribution in [0.2, 0.25) is 0 Å². The molecule has 0 heterocycles. The highest BCUT2D eigenvalue weighted by atomic mass is 19.1. The first-order valence-electron chi connectivity index (χ1n) is 5.99. The molecule has 108 valence electrons. The van der Waals surface area contributed by atoms with Crippen LogP contribution in [0, 0.1) is 18.6 Å². The quantitative estimate of drug-likeness (QED) is 0.912. The smallest absolute Gasteiger partial charge is 0.335 e. The molecular weight excluding hydrogens is 280 g/mol. The maximum Gasteiger partial charge on any atom is 0.335 e. The molecule has 0 radical (unpaired) electrons. The maximum atomic E-state index is 13.8. The monoisotopic (exact) mass is 291 g/mol. The van der Waals surface area contributed by atoms with Crippen LogP contribution in [-0.4, -0.2) is 17.0 Å². The van der Waals surface area contributed by atoms with Crippen molar-refractivity contribution in [2.24, 2.45) is 0 Å². The third-order valence-electron chi connectivity index (χ3n) is 2.88. The second-order valence-corrected chi connectivity index (χ2v) is 4.39. The minimum Gasteiger partial charge on any atom is -0.478 e. The summed E-state index contributed by atoms with van der Waals surface area (Å²) in [4.78, 5) is 22.8. The largest absolute Gasteiger partial charge is 0.478 e. The first-order valence-corrected chi connectivity index (χ1v) is 5.99. The number of hydrogen-bond acceptors (Lipinski definition) is 2. The molecular formula is C15H11F2NO3. The van der Waals surface area contributed by atoms with Crippen molar-refractivity contribution in [3.05, 3.63) is 64.7 Å². The third-order valence-corrected chi connectivity index (χ3v) is 2.88. The van der Waals surface area contributed by atoms with Crippen molar-refractivity contribution < 1.29 is 23.5 Å². The molecule has 1 amide bonds. The number of nitrogens with one attached hydrogen (secondary N) is 1. The third kappa shape index (κ3) is 3.05.